The lowest BCUT2D eigenvalue weighted by molar-refractivity contribution is -0.163. The zero-order valence-electron chi connectivity index (χ0n) is 51.3. The highest BCUT2D eigenvalue weighted by molar-refractivity contribution is 6.76. The predicted octanol–water partition coefficient (Wildman–Crippen LogP) is 9.10. The van der Waals surface area contributed by atoms with Crippen LogP contribution in [0.2, 0.25) is 61.4 Å². The molecule has 89 heavy (non-hydrogen) atoms. The number of nitriles is 2. The van der Waals surface area contributed by atoms with E-state index in [2.05, 4.69) is 77.2 Å². The monoisotopic (exact) mass is 1280 g/mol. The van der Waals surface area contributed by atoms with Gasteiger partial charge in [0.25, 0.3) is 11.8 Å². The van der Waals surface area contributed by atoms with Crippen molar-refractivity contribution in [2.75, 3.05) is 52.6 Å². The number of nitrogens with zero attached hydrogens (tertiary/aromatic N) is 13. The average molecular weight is 1290 g/mol. The molecule has 4 amide bonds. The first-order valence-corrected chi connectivity index (χ1v) is 38.1. The molecule has 11 rings (SSSR count). The molecule has 24 nitrogen and oxygen atoms in total. The number of nitrogens with one attached hydrogen (secondary N) is 3. The molecule has 2 aromatic carbocycles. The molecular weight excluding hydrogens is 1210 g/mol. The summed E-state index contributed by atoms with van der Waals surface area (Å²) in [5.41, 5.74) is 5.98. The molecule has 3 saturated heterocycles. The summed E-state index contributed by atoms with van der Waals surface area (Å²) >= 11 is 12.5. The fourth-order valence-corrected chi connectivity index (χ4v) is 12.3. The van der Waals surface area contributed by atoms with E-state index in [1.807, 2.05) is 22.9 Å². The van der Waals surface area contributed by atoms with Gasteiger partial charge >= 0.3 is 0 Å². The molecule has 0 saturated carbocycles. The third-order valence-electron chi connectivity index (χ3n) is 15.7. The Hall–Kier alpha value is -7.67. The van der Waals surface area contributed by atoms with Gasteiger partial charge in [-0.15, -0.1) is 0 Å². The zero-order chi connectivity index (χ0) is 63.3. The third kappa shape index (κ3) is 15.3. The number of H-pyrrole nitrogens is 1. The summed E-state index contributed by atoms with van der Waals surface area (Å²) < 4.78 is 29.0. The number of rotatable bonds is 22. The fraction of sp³-hybridized carbons (Fsp3) is 0.475. The van der Waals surface area contributed by atoms with E-state index in [1.54, 1.807) is 75.8 Å². The van der Waals surface area contributed by atoms with E-state index in [9.17, 15) is 19.2 Å². The lowest BCUT2D eigenvalue weighted by Crippen LogP contribution is -2.55. The topological polar surface area (TPSA) is 291 Å². The number of aromatic amines is 1. The van der Waals surface area contributed by atoms with Gasteiger partial charge in [0.1, 0.15) is 59.4 Å². The molecule has 3 atom stereocenters. The van der Waals surface area contributed by atoms with Crippen molar-refractivity contribution in [1.82, 2.24) is 69.5 Å². The van der Waals surface area contributed by atoms with E-state index in [-0.39, 0.29) is 54.5 Å². The van der Waals surface area contributed by atoms with Crippen molar-refractivity contribution in [1.29, 1.82) is 10.5 Å². The maximum absolute atomic E-state index is 13.7. The average Bonchev–Trinajstić information content (AvgIpc) is 1.85. The summed E-state index contributed by atoms with van der Waals surface area (Å²) in [6.45, 7) is 21.7. The van der Waals surface area contributed by atoms with Crippen molar-refractivity contribution in [3.8, 4) is 34.9 Å². The minimum absolute atomic E-state index is 0.159. The smallest absolute Gasteiger partial charge is 0.255 e. The van der Waals surface area contributed by atoms with Gasteiger partial charge in [-0.25, -0.2) is 19.9 Å². The molecule has 3 aliphatic rings. The molecule has 3 fully saturated rings. The number of carbonyl (C=O) groups excluding carboxylic acids is 4. The van der Waals surface area contributed by atoms with Gasteiger partial charge in [0.15, 0.2) is 17.6 Å². The molecular formula is C61H74Cl2N16O8Si2. The number of hydrogen-bond donors (Lipinski definition) is 3. The highest BCUT2D eigenvalue weighted by Gasteiger charge is 2.36. The van der Waals surface area contributed by atoms with Gasteiger partial charge in [0, 0.05) is 95.4 Å². The fourth-order valence-electron chi connectivity index (χ4n) is 10.5. The molecule has 6 aromatic heterocycles. The lowest BCUT2D eigenvalue weighted by atomic mass is 10.0. The van der Waals surface area contributed by atoms with Crippen molar-refractivity contribution in [2.45, 2.75) is 123 Å². The first-order valence-electron chi connectivity index (χ1n) is 29.9. The normalized spacial score (nSPS) is 16.3. The van der Waals surface area contributed by atoms with Crippen LogP contribution in [0.25, 0.3) is 66.9 Å². The highest BCUT2D eigenvalue weighted by Crippen LogP contribution is 2.33. The first kappa shape index (κ1) is 64.3. The maximum Gasteiger partial charge on any atom is 0.255 e. The number of ether oxygens (including phenoxy) is 4. The number of aromatic nitrogens is 10. The van der Waals surface area contributed by atoms with Gasteiger partial charge in [0.2, 0.25) is 11.8 Å². The molecule has 3 N–H and O–H groups in total. The highest BCUT2D eigenvalue weighted by atomic mass is 35.5. The van der Waals surface area contributed by atoms with Crippen LogP contribution in [0.3, 0.4) is 0 Å². The summed E-state index contributed by atoms with van der Waals surface area (Å²) in [7, 11) is -2.57. The number of amides is 4. The lowest BCUT2D eigenvalue weighted by Gasteiger charge is -2.37. The predicted molar refractivity (Wildman–Crippen MR) is 342 cm³/mol. The Balaban J connectivity index is 0.000000200. The Morgan fingerprint density at radius 2 is 1.24 bits per heavy atom. The summed E-state index contributed by atoms with van der Waals surface area (Å²) in [6, 6.07) is 15.7. The first-order chi connectivity index (χ1) is 42.5. The van der Waals surface area contributed by atoms with Gasteiger partial charge in [-0.2, -0.15) is 20.7 Å². The van der Waals surface area contributed by atoms with Crippen LogP contribution in [0.15, 0.2) is 61.2 Å². The molecule has 28 heteroatoms. The summed E-state index contributed by atoms with van der Waals surface area (Å²) in [5, 5.41) is 38.8. The van der Waals surface area contributed by atoms with Crippen LogP contribution < -0.4 is 10.6 Å². The standard InChI is InChI=1S/C34H43ClN8O5Si.C27H31ClN8O3Si/c1-22(34(45)41-18-23(16-36)19-41)38-33(44)26-20-42(21-46-13-14-49(2,3)4)32-31(26)39-27(17-37-32)30-25-9-8-24(35)15-28(25)43(40-30)10-12-48-29-7-5-6-11-47-29;1-16(27(38)35-12-17(10-29)13-35)31-26(37)20-14-36(15-39-7-8-40(2,3)4)25-24(20)32-22(11-30-25)23-19-6-5-18(28)9-21(19)33-34-23/h8-9,15,17,20,22-23,29H,5-7,10-14,18-19,21H2,1-4H3,(H,38,44);5-6,9,11,14,16-17H,7-8,12-13,15H2,1-4H3,(H,31,37)(H,33,34)/t22-,29?;16-/m11/s1. The second-order valence-electron chi connectivity index (χ2n) is 25.3. The Bertz CT molecular complexity index is 4010. The molecule has 1 unspecified atom stereocenters. The minimum Gasteiger partial charge on any atom is -0.361 e. The molecule has 8 aromatic rings. The summed E-state index contributed by atoms with van der Waals surface area (Å²) in [6.07, 6.45) is 9.40. The van der Waals surface area contributed by atoms with E-state index in [4.69, 9.17) is 72.7 Å². The summed E-state index contributed by atoms with van der Waals surface area (Å²) in [4.78, 5) is 75.2. The molecule has 0 radical (unpaired) electrons. The van der Waals surface area contributed by atoms with Crippen molar-refractivity contribution >= 4 is 107 Å². The van der Waals surface area contributed by atoms with Gasteiger partial charge in [-0.3, -0.25) is 29.0 Å². The van der Waals surface area contributed by atoms with Crippen LogP contribution in [0.4, 0.5) is 0 Å². The molecule has 0 bridgehead atoms. The Morgan fingerprint density at radius 1 is 0.719 bits per heavy atom. The van der Waals surface area contributed by atoms with Crippen LogP contribution in [-0.2, 0) is 48.5 Å². The van der Waals surface area contributed by atoms with E-state index in [0.717, 1.165) is 53.2 Å². The van der Waals surface area contributed by atoms with Gasteiger partial charge < -0.3 is 48.5 Å². The molecule has 3 aliphatic heterocycles. The van der Waals surface area contributed by atoms with Crippen molar-refractivity contribution < 1.29 is 38.1 Å². The number of benzene rings is 2. The van der Waals surface area contributed by atoms with E-state index < -0.39 is 40.0 Å². The number of carbonyl (C=O) groups is 4. The van der Waals surface area contributed by atoms with Crippen LogP contribution >= 0.6 is 23.2 Å². The molecule has 468 valence electrons. The van der Waals surface area contributed by atoms with Crippen LogP contribution in [0, 0.1) is 34.5 Å². The van der Waals surface area contributed by atoms with Crippen molar-refractivity contribution in [3.63, 3.8) is 0 Å². The third-order valence-corrected chi connectivity index (χ3v) is 19.6. The number of fused-ring (bicyclic) bond motifs is 4. The largest absolute Gasteiger partial charge is 0.361 e. The quantitative estimate of drug-likeness (QED) is 0.0421. The van der Waals surface area contributed by atoms with Crippen molar-refractivity contribution in [2.24, 2.45) is 11.8 Å². The van der Waals surface area contributed by atoms with Crippen molar-refractivity contribution in [3.05, 3.63) is 82.4 Å². The van der Waals surface area contributed by atoms with Crippen LogP contribution in [0.5, 0.6) is 0 Å². The number of likely N-dealkylation sites (tertiary alicyclic amines) is 2. The molecule has 9 heterocycles. The van der Waals surface area contributed by atoms with E-state index >= 15 is 0 Å². The minimum atomic E-state index is -1.30. The second kappa shape index (κ2) is 27.6. The molecule has 0 spiro atoms. The Labute approximate surface area is 527 Å². The maximum atomic E-state index is 13.7. The van der Waals surface area contributed by atoms with E-state index in [0.29, 0.717) is 114 Å². The van der Waals surface area contributed by atoms with Gasteiger partial charge in [0.05, 0.1) is 71.7 Å². The van der Waals surface area contributed by atoms with E-state index in [1.165, 1.54) is 0 Å². The SMILES string of the molecule is C[C@@H](NC(=O)c1cn(COCC[Si](C)(C)C)c2ncc(-c3n[nH]c4cc(Cl)ccc34)nc12)C(=O)N1CC(C#N)C1.C[C@@H](NC(=O)c1cn(COCC[Si](C)(C)C)c2ncc(-c3nn(CCOC4CCCCO4)c4cc(Cl)ccc34)nc12)C(=O)N1CC(C#N)C1. The van der Waals surface area contributed by atoms with Crippen LogP contribution in [-0.4, -0.2) is 170 Å². The number of halogens is 2. The van der Waals surface area contributed by atoms with Gasteiger partial charge in [-0.1, -0.05) is 62.5 Å². The zero-order valence-corrected chi connectivity index (χ0v) is 54.8. The Morgan fingerprint density at radius 3 is 1.74 bits per heavy atom. The Kier molecular flexibility index (Phi) is 20.0. The molecule has 0 aliphatic carbocycles. The summed E-state index contributed by atoms with van der Waals surface area (Å²) in [5.74, 6) is -1.71. The van der Waals surface area contributed by atoms with Crippen LogP contribution in [0.1, 0.15) is 53.8 Å². The number of hydrogen-bond acceptors (Lipinski definition) is 16. The second-order valence-corrected chi connectivity index (χ2v) is 37.4. The van der Waals surface area contributed by atoms with Gasteiger partial charge in [-0.05, 0) is 81.6 Å².